The number of carbonyl (C=O) groups is 1. The first-order chi connectivity index (χ1) is 11.9. The number of amides is 1. The Hall–Kier alpha value is -2.57. The number of nitrogens with one attached hydrogen (secondary N) is 1. The highest BCUT2D eigenvalue weighted by Gasteiger charge is 2.30. The number of hydrogen-bond donors (Lipinski definition) is 1. The van der Waals surface area contributed by atoms with Crippen LogP contribution in [0.25, 0.3) is 0 Å². The van der Waals surface area contributed by atoms with E-state index in [4.69, 9.17) is 0 Å². The molecule has 0 unspecified atom stereocenters. The van der Waals surface area contributed by atoms with E-state index in [2.05, 4.69) is 15.2 Å². The van der Waals surface area contributed by atoms with Crippen LogP contribution < -0.4 is 10.2 Å². The molecule has 1 fully saturated rings. The Kier molecular flexibility index (Phi) is 4.92. The summed E-state index contributed by atoms with van der Waals surface area (Å²) in [5, 5.41) is 2.68. The van der Waals surface area contributed by atoms with Gasteiger partial charge in [-0.2, -0.15) is 13.2 Å². The van der Waals surface area contributed by atoms with Gasteiger partial charge in [-0.15, -0.1) is 0 Å². The summed E-state index contributed by atoms with van der Waals surface area (Å²) in [6.07, 6.45) is -0.646. The van der Waals surface area contributed by atoms with E-state index >= 15 is 0 Å². The molecular formula is C18H18F3N3O. The van der Waals surface area contributed by atoms with Crippen LogP contribution in [-0.2, 0) is 12.7 Å². The van der Waals surface area contributed by atoms with Gasteiger partial charge >= 0.3 is 6.18 Å². The van der Waals surface area contributed by atoms with Crippen molar-refractivity contribution in [3.8, 4) is 0 Å². The summed E-state index contributed by atoms with van der Waals surface area (Å²) in [5.41, 5.74) is 0.115. The lowest BCUT2D eigenvalue weighted by Gasteiger charge is -2.19. The smallest absolute Gasteiger partial charge is 0.356 e. The van der Waals surface area contributed by atoms with Crippen molar-refractivity contribution in [2.45, 2.75) is 25.6 Å². The second-order valence-electron chi connectivity index (χ2n) is 5.95. The van der Waals surface area contributed by atoms with Crippen LogP contribution in [0.2, 0.25) is 0 Å². The molecule has 0 atom stereocenters. The minimum atomic E-state index is -4.40. The third kappa shape index (κ3) is 4.10. The van der Waals surface area contributed by atoms with Crippen molar-refractivity contribution in [1.82, 2.24) is 10.3 Å². The van der Waals surface area contributed by atoms with Crippen molar-refractivity contribution in [1.29, 1.82) is 0 Å². The number of alkyl halides is 3. The Labute approximate surface area is 143 Å². The second kappa shape index (κ2) is 7.13. The fourth-order valence-electron chi connectivity index (χ4n) is 2.89. The van der Waals surface area contributed by atoms with E-state index in [1.54, 1.807) is 24.4 Å². The van der Waals surface area contributed by atoms with Gasteiger partial charge in [0, 0.05) is 25.8 Å². The Bertz CT molecular complexity index is 755. The number of pyridine rings is 1. The number of nitrogens with zero attached hydrogens (tertiary/aromatic N) is 2. The Morgan fingerprint density at radius 3 is 2.64 bits per heavy atom. The molecule has 1 aliphatic rings. The predicted molar refractivity (Wildman–Crippen MR) is 88.3 cm³/mol. The summed E-state index contributed by atoms with van der Waals surface area (Å²) in [5.74, 6) is 0.286. The molecule has 3 rings (SSSR count). The van der Waals surface area contributed by atoms with Gasteiger partial charge in [0.25, 0.3) is 5.91 Å². The maximum atomic E-state index is 12.8. The van der Waals surface area contributed by atoms with E-state index in [9.17, 15) is 18.0 Å². The fraction of sp³-hybridized carbons (Fsp3) is 0.333. The van der Waals surface area contributed by atoms with Gasteiger partial charge in [0.15, 0.2) is 0 Å². The average Bonchev–Trinajstić information content (AvgIpc) is 3.14. The molecule has 1 amide bonds. The monoisotopic (exact) mass is 349 g/mol. The predicted octanol–water partition coefficient (Wildman–Crippen LogP) is 3.63. The SMILES string of the molecule is O=C(NCc1cccc(C(F)(F)F)c1)c1cccnc1N1CCCC1. The van der Waals surface area contributed by atoms with E-state index in [1.165, 1.54) is 6.07 Å². The van der Waals surface area contributed by atoms with Crippen LogP contribution in [0.3, 0.4) is 0 Å². The molecule has 25 heavy (non-hydrogen) atoms. The summed E-state index contributed by atoms with van der Waals surface area (Å²) in [7, 11) is 0. The molecule has 0 bridgehead atoms. The number of hydrogen-bond acceptors (Lipinski definition) is 3. The van der Waals surface area contributed by atoms with E-state index in [1.807, 2.05) is 0 Å². The molecule has 1 aliphatic heterocycles. The van der Waals surface area contributed by atoms with Crippen LogP contribution in [0.5, 0.6) is 0 Å². The topological polar surface area (TPSA) is 45.2 Å². The van der Waals surface area contributed by atoms with Crippen LogP contribution >= 0.6 is 0 Å². The standard InChI is InChI=1S/C18H18F3N3O/c19-18(20,21)14-6-3-5-13(11-14)12-23-17(25)15-7-4-8-22-16(15)24-9-1-2-10-24/h3-8,11H,1-2,9-10,12H2,(H,23,25). The number of carbonyl (C=O) groups excluding carboxylic acids is 1. The Morgan fingerprint density at radius 2 is 1.92 bits per heavy atom. The van der Waals surface area contributed by atoms with Crippen molar-refractivity contribution in [3.63, 3.8) is 0 Å². The van der Waals surface area contributed by atoms with E-state index in [-0.39, 0.29) is 12.5 Å². The van der Waals surface area contributed by atoms with Crippen molar-refractivity contribution in [2.24, 2.45) is 0 Å². The molecule has 1 saturated heterocycles. The van der Waals surface area contributed by atoms with Gasteiger partial charge in [0.2, 0.25) is 0 Å². The molecule has 0 aliphatic carbocycles. The minimum absolute atomic E-state index is 0.0249. The van der Waals surface area contributed by atoms with Crippen LogP contribution in [-0.4, -0.2) is 24.0 Å². The zero-order chi connectivity index (χ0) is 17.9. The van der Waals surface area contributed by atoms with Crippen molar-refractivity contribution >= 4 is 11.7 Å². The summed E-state index contributed by atoms with van der Waals surface area (Å²) in [4.78, 5) is 18.8. The molecule has 0 spiro atoms. The normalized spacial score (nSPS) is 14.6. The highest BCUT2D eigenvalue weighted by Crippen LogP contribution is 2.29. The maximum absolute atomic E-state index is 12.8. The van der Waals surface area contributed by atoms with Gasteiger partial charge < -0.3 is 10.2 Å². The number of aromatic nitrogens is 1. The minimum Gasteiger partial charge on any atom is -0.356 e. The van der Waals surface area contributed by atoms with E-state index in [0.29, 0.717) is 16.9 Å². The lowest BCUT2D eigenvalue weighted by atomic mass is 10.1. The van der Waals surface area contributed by atoms with Crippen LogP contribution in [0.15, 0.2) is 42.6 Å². The summed E-state index contributed by atoms with van der Waals surface area (Å²) >= 11 is 0. The van der Waals surface area contributed by atoms with Gasteiger partial charge in [-0.1, -0.05) is 12.1 Å². The first kappa shape index (κ1) is 17.3. The van der Waals surface area contributed by atoms with Gasteiger partial charge in [0.1, 0.15) is 5.82 Å². The van der Waals surface area contributed by atoms with Crippen molar-refractivity contribution in [2.75, 3.05) is 18.0 Å². The Morgan fingerprint density at radius 1 is 1.16 bits per heavy atom. The van der Waals surface area contributed by atoms with Crippen LogP contribution in [0.1, 0.15) is 34.3 Å². The average molecular weight is 349 g/mol. The third-order valence-electron chi connectivity index (χ3n) is 4.14. The second-order valence-corrected chi connectivity index (χ2v) is 5.95. The van der Waals surface area contributed by atoms with Crippen LogP contribution in [0.4, 0.5) is 19.0 Å². The van der Waals surface area contributed by atoms with Gasteiger partial charge in [-0.25, -0.2) is 4.98 Å². The van der Waals surface area contributed by atoms with E-state index < -0.39 is 11.7 Å². The molecule has 4 nitrogen and oxygen atoms in total. The zero-order valence-corrected chi connectivity index (χ0v) is 13.5. The first-order valence-electron chi connectivity index (χ1n) is 8.09. The summed E-state index contributed by atoms with van der Waals surface area (Å²) < 4.78 is 38.3. The highest BCUT2D eigenvalue weighted by atomic mass is 19.4. The van der Waals surface area contributed by atoms with Crippen LogP contribution in [0, 0.1) is 0 Å². The maximum Gasteiger partial charge on any atom is 0.416 e. The molecule has 1 aromatic carbocycles. The number of rotatable bonds is 4. The largest absolute Gasteiger partial charge is 0.416 e. The van der Waals surface area contributed by atoms with Crippen molar-refractivity contribution in [3.05, 3.63) is 59.3 Å². The molecule has 2 heterocycles. The third-order valence-corrected chi connectivity index (χ3v) is 4.14. The molecule has 0 radical (unpaired) electrons. The van der Waals surface area contributed by atoms with Crippen molar-refractivity contribution < 1.29 is 18.0 Å². The molecule has 1 N–H and O–H groups in total. The number of anilines is 1. The number of benzene rings is 1. The molecular weight excluding hydrogens is 331 g/mol. The van der Waals surface area contributed by atoms with Gasteiger partial charge in [-0.3, -0.25) is 4.79 Å². The lowest BCUT2D eigenvalue weighted by Crippen LogP contribution is -2.28. The number of halogens is 3. The fourth-order valence-corrected chi connectivity index (χ4v) is 2.89. The van der Waals surface area contributed by atoms with Gasteiger partial charge in [-0.05, 0) is 42.7 Å². The molecule has 132 valence electrons. The summed E-state index contributed by atoms with van der Waals surface area (Å²) in [6.45, 7) is 1.73. The molecule has 7 heteroatoms. The lowest BCUT2D eigenvalue weighted by molar-refractivity contribution is -0.137. The highest BCUT2D eigenvalue weighted by molar-refractivity contribution is 5.98. The molecule has 1 aromatic heterocycles. The molecule has 0 saturated carbocycles. The Balaban J connectivity index is 1.71. The summed E-state index contributed by atoms with van der Waals surface area (Å²) in [6, 6.07) is 8.31. The zero-order valence-electron chi connectivity index (χ0n) is 13.5. The quantitative estimate of drug-likeness (QED) is 0.917. The molecule has 2 aromatic rings. The van der Waals surface area contributed by atoms with E-state index in [0.717, 1.165) is 38.1 Å². The first-order valence-corrected chi connectivity index (χ1v) is 8.09. The van der Waals surface area contributed by atoms with Gasteiger partial charge in [0.05, 0.1) is 11.1 Å².